The molecule has 2 atom stereocenters. The molecule has 4 rings (SSSR count). The fourth-order valence-electron chi connectivity index (χ4n) is 4.23. The highest BCUT2D eigenvalue weighted by Gasteiger charge is 2.47. The van der Waals surface area contributed by atoms with Crippen molar-refractivity contribution in [2.24, 2.45) is 5.92 Å². The third kappa shape index (κ3) is 2.56. The summed E-state index contributed by atoms with van der Waals surface area (Å²) in [6, 6.07) is 10.5. The molecule has 0 aromatic heterocycles. The third-order valence-corrected chi connectivity index (χ3v) is 6.37. The van der Waals surface area contributed by atoms with E-state index in [4.69, 9.17) is 14.2 Å². The first-order chi connectivity index (χ1) is 12.5. The van der Waals surface area contributed by atoms with Gasteiger partial charge < -0.3 is 19.5 Å². The van der Waals surface area contributed by atoms with Crippen LogP contribution < -0.4 is 19.5 Å². The monoisotopic (exact) mass is 417 g/mol. The van der Waals surface area contributed by atoms with Crippen molar-refractivity contribution in [2.45, 2.75) is 32.2 Å². The summed E-state index contributed by atoms with van der Waals surface area (Å²) in [4.78, 5) is 0. The van der Waals surface area contributed by atoms with Gasteiger partial charge in [-0.25, -0.2) is 0 Å². The van der Waals surface area contributed by atoms with Crippen molar-refractivity contribution in [3.05, 3.63) is 45.9 Å². The van der Waals surface area contributed by atoms with Gasteiger partial charge in [-0.1, -0.05) is 29.8 Å². The van der Waals surface area contributed by atoms with Gasteiger partial charge in [0.1, 0.15) is 5.75 Å². The Morgan fingerprint density at radius 1 is 1.27 bits per heavy atom. The van der Waals surface area contributed by atoms with E-state index in [0.29, 0.717) is 19.1 Å². The molecule has 2 unspecified atom stereocenters. The third-order valence-electron chi connectivity index (χ3n) is 5.68. The van der Waals surface area contributed by atoms with Crippen molar-refractivity contribution in [1.29, 1.82) is 0 Å². The lowest BCUT2D eigenvalue weighted by Crippen LogP contribution is -2.46. The molecule has 0 spiro atoms. The highest BCUT2D eigenvalue weighted by Crippen LogP contribution is 2.55. The first-order valence-corrected chi connectivity index (χ1v) is 9.79. The van der Waals surface area contributed by atoms with Gasteiger partial charge in [0.05, 0.1) is 26.4 Å². The van der Waals surface area contributed by atoms with Crippen LogP contribution in [-0.2, 0) is 5.41 Å². The topological polar surface area (TPSA) is 39.7 Å². The maximum atomic E-state index is 6.20. The molecule has 4 nitrogen and oxygen atoms in total. The van der Waals surface area contributed by atoms with Gasteiger partial charge in [0.25, 0.3) is 0 Å². The lowest BCUT2D eigenvalue weighted by Gasteiger charge is -2.49. The van der Waals surface area contributed by atoms with Crippen LogP contribution in [0.5, 0.6) is 17.2 Å². The van der Waals surface area contributed by atoms with Crippen LogP contribution in [0.1, 0.15) is 37.9 Å². The van der Waals surface area contributed by atoms with Crippen LogP contribution in [0.15, 0.2) is 34.8 Å². The van der Waals surface area contributed by atoms with Crippen LogP contribution in [0.2, 0.25) is 0 Å². The number of halogens is 1. The quantitative estimate of drug-likeness (QED) is 0.734. The van der Waals surface area contributed by atoms with Gasteiger partial charge in [0.2, 0.25) is 0 Å². The Kier molecular flexibility index (Phi) is 4.30. The molecule has 26 heavy (non-hydrogen) atoms. The number of hydrogen-bond donors (Lipinski definition) is 1. The van der Waals surface area contributed by atoms with Gasteiger partial charge in [-0.15, -0.1) is 0 Å². The van der Waals surface area contributed by atoms with E-state index >= 15 is 0 Å². The number of benzene rings is 2. The summed E-state index contributed by atoms with van der Waals surface area (Å²) in [5, 5.41) is 3.75. The number of ether oxygens (including phenoxy) is 3. The Bertz CT molecular complexity index is 849. The summed E-state index contributed by atoms with van der Waals surface area (Å²) >= 11 is 3.72. The van der Waals surface area contributed by atoms with Crippen molar-refractivity contribution in [3.63, 3.8) is 0 Å². The fourth-order valence-corrected chi connectivity index (χ4v) is 4.79. The van der Waals surface area contributed by atoms with Crippen molar-refractivity contribution in [3.8, 4) is 17.2 Å². The van der Waals surface area contributed by atoms with E-state index < -0.39 is 0 Å². The van der Waals surface area contributed by atoms with Crippen molar-refractivity contribution < 1.29 is 14.2 Å². The molecule has 0 saturated carbocycles. The van der Waals surface area contributed by atoms with E-state index in [-0.39, 0.29) is 11.5 Å². The molecule has 2 heterocycles. The Labute approximate surface area is 163 Å². The number of hydrogen-bond acceptors (Lipinski definition) is 4. The normalized spacial score (nSPS) is 22.2. The Morgan fingerprint density at radius 2 is 2.08 bits per heavy atom. The fraction of sp³-hybridized carbons (Fsp3) is 0.429. The van der Waals surface area contributed by atoms with Crippen LogP contribution in [0, 0.1) is 5.92 Å². The second-order valence-corrected chi connectivity index (χ2v) is 8.25. The van der Waals surface area contributed by atoms with Crippen LogP contribution in [-0.4, -0.2) is 20.3 Å². The molecule has 138 valence electrons. The minimum atomic E-state index is -0.0570. The zero-order valence-electron chi connectivity index (χ0n) is 15.6. The molecule has 1 N–H and O–H groups in total. The number of rotatable bonds is 3. The summed E-state index contributed by atoms with van der Waals surface area (Å²) in [5.41, 5.74) is 3.50. The van der Waals surface area contributed by atoms with Gasteiger partial charge in [-0.05, 0) is 42.8 Å². The Balaban J connectivity index is 1.84. The van der Waals surface area contributed by atoms with Crippen molar-refractivity contribution in [2.75, 3.05) is 25.6 Å². The Hall–Kier alpha value is -1.88. The van der Waals surface area contributed by atoms with Gasteiger partial charge in [0.15, 0.2) is 11.5 Å². The average molecular weight is 418 g/mol. The SMILES string of the molecule is CCOc1ccc2c(c1)C(C)(C)C1COc3c(OC)ccc(Br)c3C1N2. The minimum absolute atomic E-state index is 0.0570. The van der Waals surface area contributed by atoms with Crippen molar-refractivity contribution in [1.82, 2.24) is 0 Å². The van der Waals surface area contributed by atoms with Crippen LogP contribution in [0.4, 0.5) is 5.69 Å². The molecule has 2 aromatic carbocycles. The predicted octanol–water partition coefficient (Wildman–Crippen LogP) is 5.31. The van der Waals surface area contributed by atoms with Crippen LogP contribution in [0.3, 0.4) is 0 Å². The van der Waals surface area contributed by atoms with E-state index in [9.17, 15) is 0 Å². The molecule has 0 aliphatic carbocycles. The number of fused-ring (bicyclic) bond motifs is 4. The van der Waals surface area contributed by atoms with Gasteiger partial charge in [0, 0.05) is 27.1 Å². The molecule has 0 bridgehead atoms. The smallest absolute Gasteiger partial charge is 0.167 e. The highest BCUT2D eigenvalue weighted by atomic mass is 79.9. The molecule has 2 aliphatic heterocycles. The number of methoxy groups -OCH3 is 1. The molecule has 2 aliphatic rings. The largest absolute Gasteiger partial charge is 0.494 e. The Morgan fingerprint density at radius 3 is 2.81 bits per heavy atom. The standard InChI is InChI=1S/C21H24BrNO3/c1-5-25-12-6-8-16-13(10-12)21(2,3)14-11-26-20-17(24-4)9-7-15(22)18(20)19(14)23-16/h6-10,14,19,23H,5,11H2,1-4H3. The summed E-state index contributed by atoms with van der Waals surface area (Å²) in [7, 11) is 1.68. The number of anilines is 1. The summed E-state index contributed by atoms with van der Waals surface area (Å²) in [6.07, 6.45) is 0. The van der Waals surface area contributed by atoms with Crippen LogP contribution in [0.25, 0.3) is 0 Å². The molecule has 2 aromatic rings. The molecule has 0 fully saturated rings. The first-order valence-electron chi connectivity index (χ1n) is 9.00. The van der Waals surface area contributed by atoms with Gasteiger partial charge in [-0.3, -0.25) is 0 Å². The molecule has 0 saturated heterocycles. The molecule has 5 heteroatoms. The van der Waals surface area contributed by atoms with E-state index in [1.54, 1.807) is 7.11 Å². The first kappa shape index (κ1) is 17.5. The summed E-state index contributed by atoms with van der Waals surface area (Å²) < 4.78 is 18.5. The second kappa shape index (κ2) is 6.38. The zero-order chi connectivity index (χ0) is 18.5. The van der Waals surface area contributed by atoms with Crippen molar-refractivity contribution >= 4 is 21.6 Å². The maximum Gasteiger partial charge on any atom is 0.167 e. The van der Waals surface area contributed by atoms with E-state index in [1.165, 1.54) is 5.56 Å². The van der Waals surface area contributed by atoms with Crippen LogP contribution >= 0.6 is 15.9 Å². The lowest BCUT2D eigenvalue weighted by molar-refractivity contribution is 0.131. The molecular formula is C21H24BrNO3. The highest BCUT2D eigenvalue weighted by molar-refractivity contribution is 9.10. The summed E-state index contributed by atoms with van der Waals surface area (Å²) in [5.74, 6) is 2.82. The molecular weight excluding hydrogens is 394 g/mol. The molecule has 0 amide bonds. The second-order valence-electron chi connectivity index (χ2n) is 7.39. The zero-order valence-corrected chi connectivity index (χ0v) is 17.1. The summed E-state index contributed by atoms with van der Waals surface area (Å²) in [6.45, 7) is 7.91. The van der Waals surface area contributed by atoms with Gasteiger partial charge in [-0.2, -0.15) is 0 Å². The predicted molar refractivity (Wildman–Crippen MR) is 107 cm³/mol. The molecule has 0 radical (unpaired) electrons. The van der Waals surface area contributed by atoms with Gasteiger partial charge >= 0.3 is 0 Å². The van der Waals surface area contributed by atoms with E-state index in [1.807, 2.05) is 25.1 Å². The average Bonchev–Trinajstić information content (AvgIpc) is 2.62. The maximum absolute atomic E-state index is 6.20. The lowest BCUT2D eigenvalue weighted by atomic mass is 9.65. The van der Waals surface area contributed by atoms with E-state index in [2.05, 4.69) is 47.2 Å². The van der Waals surface area contributed by atoms with E-state index in [0.717, 1.165) is 33.0 Å². The minimum Gasteiger partial charge on any atom is -0.494 e. The number of nitrogens with one attached hydrogen (secondary N) is 1.